The van der Waals surface area contributed by atoms with Crippen molar-refractivity contribution >= 4 is 29.2 Å². The lowest BCUT2D eigenvalue weighted by atomic mass is 9.92. The molecule has 0 radical (unpaired) electrons. The molecule has 2 N–H and O–H groups in total. The van der Waals surface area contributed by atoms with E-state index >= 15 is 0 Å². The van der Waals surface area contributed by atoms with Crippen molar-refractivity contribution in [3.8, 4) is 0 Å². The van der Waals surface area contributed by atoms with Gasteiger partial charge < -0.3 is 10.4 Å². The van der Waals surface area contributed by atoms with Crippen LogP contribution in [-0.4, -0.2) is 17.0 Å². The zero-order chi connectivity index (χ0) is 13.2. The molecule has 0 unspecified atom stereocenters. The Balaban J connectivity index is 2.89. The van der Waals surface area contributed by atoms with Gasteiger partial charge in [-0.25, -0.2) is 0 Å². The molecule has 1 rings (SSSR count). The lowest BCUT2D eigenvalue weighted by Crippen LogP contribution is -2.37. The second-order valence-electron chi connectivity index (χ2n) is 4.35. The van der Waals surface area contributed by atoms with Crippen molar-refractivity contribution in [2.45, 2.75) is 20.8 Å². The van der Waals surface area contributed by atoms with E-state index in [-0.39, 0.29) is 0 Å². The lowest BCUT2D eigenvalue weighted by Gasteiger charge is -2.18. The van der Waals surface area contributed by atoms with E-state index in [0.717, 1.165) is 5.56 Å². The largest absolute Gasteiger partial charge is 0.480 e. The smallest absolute Gasteiger partial charge is 0.318 e. The Hall–Kier alpha value is -1.55. The minimum Gasteiger partial charge on any atom is -0.480 e. The number of aliphatic carboxylic acids is 1. The summed E-state index contributed by atoms with van der Waals surface area (Å²) >= 11 is 5.91. The monoisotopic (exact) mass is 255 g/mol. The van der Waals surface area contributed by atoms with Gasteiger partial charge in [0.1, 0.15) is 5.41 Å². The summed E-state index contributed by atoms with van der Waals surface area (Å²) in [4.78, 5) is 22.6. The molecular weight excluding hydrogens is 242 g/mol. The summed E-state index contributed by atoms with van der Waals surface area (Å²) in [6.07, 6.45) is 0. The van der Waals surface area contributed by atoms with Gasteiger partial charge in [-0.1, -0.05) is 17.7 Å². The third-order valence-electron chi connectivity index (χ3n) is 2.53. The highest BCUT2D eigenvalue weighted by molar-refractivity contribution is 6.31. The Labute approximate surface area is 105 Å². The molecule has 0 aliphatic rings. The van der Waals surface area contributed by atoms with Gasteiger partial charge in [0.05, 0.1) is 0 Å². The fourth-order valence-corrected chi connectivity index (χ4v) is 1.24. The maximum absolute atomic E-state index is 11.7. The molecule has 4 nitrogen and oxygen atoms in total. The van der Waals surface area contributed by atoms with Crippen LogP contribution in [0.15, 0.2) is 18.2 Å². The first-order chi connectivity index (χ1) is 7.75. The molecular formula is C12H14ClNO3. The second kappa shape index (κ2) is 4.75. The molecule has 0 spiro atoms. The van der Waals surface area contributed by atoms with Gasteiger partial charge in [-0.2, -0.15) is 0 Å². The highest BCUT2D eigenvalue weighted by Gasteiger charge is 2.35. The molecule has 0 saturated heterocycles. The first-order valence-corrected chi connectivity index (χ1v) is 5.44. The number of aryl methyl sites for hydroxylation is 1. The summed E-state index contributed by atoms with van der Waals surface area (Å²) in [5.74, 6) is -1.75. The van der Waals surface area contributed by atoms with E-state index in [1.165, 1.54) is 13.8 Å². The van der Waals surface area contributed by atoms with Crippen molar-refractivity contribution in [1.29, 1.82) is 0 Å². The number of carboxylic acids is 1. The molecule has 1 amide bonds. The molecule has 1 aromatic carbocycles. The van der Waals surface area contributed by atoms with E-state index in [1.807, 2.05) is 6.92 Å². The average Bonchev–Trinajstić information content (AvgIpc) is 2.23. The molecule has 17 heavy (non-hydrogen) atoms. The SMILES string of the molecule is Cc1ccc(NC(=O)C(C)(C)C(=O)O)cc1Cl. The first-order valence-electron chi connectivity index (χ1n) is 5.06. The highest BCUT2D eigenvalue weighted by atomic mass is 35.5. The minimum absolute atomic E-state index is 0.486. The first kappa shape index (κ1) is 13.5. The molecule has 0 fully saturated rings. The van der Waals surface area contributed by atoms with Gasteiger partial charge in [-0.05, 0) is 38.5 Å². The van der Waals surface area contributed by atoms with E-state index in [1.54, 1.807) is 18.2 Å². The number of rotatable bonds is 3. The predicted molar refractivity (Wildman–Crippen MR) is 66.2 cm³/mol. The Morgan fingerprint density at radius 2 is 1.94 bits per heavy atom. The molecule has 0 aliphatic carbocycles. The number of benzene rings is 1. The van der Waals surface area contributed by atoms with Crippen LogP contribution in [0.3, 0.4) is 0 Å². The predicted octanol–water partition coefficient (Wildman–Crippen LogP) is 2.70. The summed E-state index contributed by atoms with van der Waals surface area (Å²) < 4.78 is 0. The number of carbonyl (C=O) groups excluding carboxylic acids is 1. The van der Waals surface area contributed by atoms with Crippen LogP contribution in [-0.2, 0) is 9.59 Å². The van der Waals surface area contributed by atoms with E-state index < -0.39 is 17.3 Å². The summed E-state index contributed by atoms with van der Waals surface area (Å²) in [6.45, 7) is 4.54. The van der Waals surface area contributed by atoms with Crippen LogP contribution in [0.1, 0.15) is 19.4 Å². The number of carbonyl (C=O) groups is 2. The van der Waals surface area contributed by atoms with E-state index in [0.29, 0.717) is 10.7 Å². The number of carboxylic acid groups (broad SMARTS) is 1. The van der Waals surface area contributed by atoms with Crippen molar-refractivity contribution in [1.82, 2.24) is 0 Å². The third-order valence-corrected chi connectivity index (χ3v) is 2.94. The van der Waals surface area contributed by atoms with Gasteiger partial charge >= 0.3 is 5.97 Å². The van der Waals surface area contributed by atoms with Gasteiger partial charge in [0, 0.05) is 10.7 Å². The lowest BCUT2D eigenvalue weighted by molar-refractivity contribution is -0.151. The number of hydrogen-bond acceptors (Lipinski definition) is 2. The van der Waals surface area contributed by atoms with Crippen LogP contribution in [0.4, 0.5) is 5.69 Å². The van der Waals surface area contributed by atoms with Crippen LogP contribution in [0.2, 0.25) is 5.02 Å². The maximum Gasteiger partial charge on any atom is 0.318 e. The summed E-state index contributed by atoms with van der Waals surface area (Å²) in [6, 6.07) is 5.02. The molecule has 0 aromatic heterocycles. The summed E-state index contributed by atoms with van der Waals surface area (Å²) in [7, 11) is 0. The summed E-state index contributed by atoms with van der Waals surface area (Å²) in [5, 5.41) is 12.0. The molecule has 0 saturated carbocycles. The van der Waals surface area contributed by atoms with E-state index in [9.17, 15) is 9.59 Å². The molecule has 0 aliphatic heterocycles. The van der Waals surface area contributed by atoms with Crippen LogP contribution in [0.25, 0.3) is 0 Å². The molecule has 0 atom stereocenters. The van der Waals surface area contributed by atoms with Crippen LogP contribution >= 0.6 is 11.6 Å². The van der Waals surface area contributed by atoms with Gasteiger partial charge in [0.2, 0.25) is 5.91 Å². The van der Waals surface area contributed by atoms with Gasteiger partial charge in [0.25, 0.3) is 0 Å². The number of anilines is 1. The maximum atomic E-state index is 11.7. The quantitative estimate of drug-likeness (QED) is 0.816. The number of amides is 1. The van der Waals surface area contributed by atoms with Crippen LogP contribution in [0.5, 0.6) is 0 Å². The highest BCUT2D eigenvalue weighted by Crippen LogP contribution is 2.23. The standard InChI is InChI=1S/C12H14ClNO3/c1-7-4-5-8(6-9(7)13)14-10(15)12(2,3)11(16)17/h4-6H,1-3H3,(H,14,15)(H,16,17). The number of hydrogen-bond donors (Lipinski definition) is 2. The van der Waals surface area contributed by atoms with Crippen LogP contribution in [0, 0.1) is 12.3 Å². The normalized spacial score (nSPS) is 11.1. The third kappa shape index (κ3) is 2.97. The molecule has 5 heteroatoms. The Kier molecular flexibility index (Phi) is 3.78. The van der Waals surface area contributed by atoms with Crippen molar-refractivity contribution in [3.63, 3.8) is 0 Å². The molecule has 1 aromatic rings. The zero-order valence-corrected chi connectivity index (χ0v) is 10.6. The van der Waals surface area contributed by atoms with Gasteiger partial charge in [-0.15, -0.1) is 0 Å². The molecule has 92 valence electrons. The summed E-state index contributed by atoms with van der Waals surface area (Å²) in [5.41, 5.74) is -0.0979. The van der Waals surface area contributed by atoms with Crippen molar-refractivity contribution in [2.75, 3.05) is 5.32 Å². The molecule has 0 bridgehead atoms. The van der Waals surface area contributed by atoms with Gasteiger partial charge in [-0.3, -0.25) is 9.59 Å². The van der Waals surface area contributed by atoms with E-state index in [2.05, 4.69) is 5.32 Å². The Morgan fingerprint density at radius 1 is 1.35 bits per heavy atom. The fraction of sp³-hybridized carbons (Fsp3) is 0.333. The number of halogens is 1. The zero-order valence-electron chi connectivity index (χ0n) is 9.87. The topological polar surface area (TPSA) is 66.4 Å². The van der Waals surface area contributed by atoms with E-state index in [4.69, 9.17) is 16.7 Å². The second-order valence-corrected chi connectivity index (χ2v) is 4.76. The fourth-order valence-electron chi connectivity index (χ4n) is 1.06. The Bertz CT molecular complexity index is 469. The Morgan fingerprint density at radius 3 is 2.41 bits per heavy atom. The minimum atomic E-state index is -1.47. The van der Waals surface area contributed by atoms with Crippen LogP contribution < -0.4 is 5.32 Å². The van der Waals surface area contributed by atoms with Crippen molar-refractivity contribution < 1.29 is 14.7 Å². The molecule has 0 heterocycles. The van der Waals surface area contributed by atoms with Gasteiger partial charge in [0.15, 0.2) is 0 Å². The average molecular weight is 256 g/mol. The van der Waals surface area contributed by atoms with Crippen molar-refractivity contribution in [3.05, 3.63) is 28.8 Å². The number of nitrogens with one attached hydrogen (secondary N) is 1. The van der Waals surface area contributed by atoms with Crippen molar-refractivity contribution in [2.24, 2.45) is 5.41 Å².